The van der Waals surface area contributed by atoms with Gasteiger partial charge in [-0.1, -0.05) is 6.07 Å². The zero-order chi connectivity index (χ0) is 14.2. The van der Waals surface area contributed by atoms with Crippen LogP contribution in [0.4, 0.5) is 13.2 Å². The van der Waals surface area contributed by atoms with Gasteiger partial charge in [0.25, 0.3) is 5.91 Å². The van der Waals surface area contributed by atoms with Crippen LogP contribution in [-0.2, 0) is 11.0 Å². The van der Waals surface area contributed by atoms with Crippen LogP contribution < -0.4 is 0 Å². The third-order valence-electron chi connectivity index (χ3n) is 2.74. The zero-order valence-electron chi connectivity index (χ0n) is 10.2. The number of rotatable bonds is 2. The second-order valence-corrected chi connectivity index (χ2v) is 3.97. The molecule has 102 valence electrons. The van der Waals surface area contributed by atoms with Crippen molar-refractivity contribution in [2.24, 2.45) is 0 Å². The first-order chi connectivity index (χ1) is 8.82. The van der Waals surface area contributed by atoms with E-state index in [1.807, 2.05) is 0 Å². The number of aromatic amines is 1. The van der Waals surface area contributed by atoms with E-state index in [4.69, 9.17) is 4.84 Å². The van der Waals surface area contributed by atoms with Crippen molar-refractivity contribution in [1.29, 1.82) is 0 Å². The molecule has 0 aliphatic rings. The molecule has 19 heavy (non-hydrogen) atoms. The molecule has 0 unspecified atom stereocenters. The number of H-pyrrole nitrogens is 1. The highest BCUT2D eigenvalue weighted by Crippen LogP contribution is 2.31. The summed E-state index contributed by atoms with van der Waals surface area (Å²) in [4.78, 5) is 19.2. The van der Waals surface area contributed by atoms with E-state index in [0.717, 1.165) is 17.2 Å². The van der Waals surface area contributed by atoms with Crippen LogP contribution in [0.5, 0.6) is 0 Å². The van der Waals surface area contributed by atoms with Crippen molar-refractivity contribution in [3.8, 4) is 0 Å². The van der Waals surface area contributed by atoms with Crippen molar-refractivity contribution in [2.75, 3.05) is 14.2 Å². The number of fused-ring (bicyclic) bond motifs is 1. The maximum Gasteiger partial charge on any atom is 0.416 e. The number of hydrogen-bond acceptors (Lipinski definition) is 2. The van der Waals surface area contributed by atoms with Gasteiger partial charge in [0.2, 0.25) is 0 Å². The number of nitrogens with one attached hydrogen (secondary N) is 1. The fraction of sp³-hybridized carbons (Fsp3) is 0.250. The molecule has 1 amide bonds. The first kappa shape index (κ1) is 13.4. The molecule has 1 heterocycles. The van der Waals surface area contributed by atoms with Crippen molar-refractivity contribution in [3.63, 3.8) is 0 Å². The van der Waals surface area contributed by atoms with Gasteiger partial charge in [-0.15, -0.1) is 0 Å². The van der Waals surface area contributed by atoms with E-state index in [-0.39, 0.29) is 11.2 Å². The normalized spacial score (nSPS) is 11.8. The van der Waals surface area contributed by atoms with Crippen LogP contribution in [-0.4, -0.2) is 30.1 Å². The molecule has 0 atom stereocenters. The van der Waals surface area contributed by atoms with E-state index in [1.165, 1.54) is 26.3 Å². The molecular formula is C12H11F3N2O2. The van der Waals surface area contributed by atoms with Crippen LogP contribution in [0, 0.1) is 0 Å². The minimum atomic E-state index is -4.41. The molecule has 0 spiro atoms. The topological polar surface area (TPSA) is 45.3 Å². The molecule has 0 radical (unpaired) electrons. The number of amides is 1. The van der Waals surface area contributed by atoms with Crippen LogP contribution >= 0.6 is 0 Å². The van der Waals surface area contributed by atoms with Gasteiger partial charge in [-0.05, 0) is 18.2 Å². The van der Waals surface area contributed by atoms with Gasteiger partial charge in [0.05, 0.1) is 12.7 Å². The molecule has 0 aliphatic carbocycles. The summed E-state index contributed by atoms with van der Waals surface area (Å²) >= 11 is 0. The molecule has 0 bridgehead atoms. The molecule has 1 aromatic carbocycles. The average molecular weight is 272 g/mol. The number of aromatic nitrogens is 1. The number of carbonyl (C=O) groups is 1. The number of hydroxylamine groups is 2. The highest BCUT2D eigenvalue weighted by atomic mass is 19.4. The third-order valence-corrected chi connectivity index (χ3v) is 2.74. The number of nitrogens with zero attached hydrogens (tertiary/aromatic N) is 1. The molecule has 4 nitrogen and oxygen atoms in total. The summed E-state index contributed by atoms with van der Waals surface area (Å²) < 4.78 is 37.7. The van der Waals surface area contributed by atoms with E-state index in [0.29, 0.717) is 5.39 Å². The van der Waals surface area contributed by atoms with Gasteiger partial charge in [0.1, 0.15) is 5.69 Å². The number of carbonyl (C=O) groups excluding carboxylic acids is 1. The van der Waals surface area contributed by atoms with E-state index in [1.54, 1.807) is 0 Å². The summed E-state index contributed by atoms with van der Waals surface area (Å²) in [6, 6.07) is 4.75. The summed E-state index contributed by atoms with van der Waals surface area (Å²) in [5, 5.41) is 1.51. The first-order valence-electron chi connectivity index (χ1n) is 5.35. The Morgan fingerprint density at radius 2 is 2.00 bits per heavy atom. The number of halogens is 3. The molecule has 0 saturated carbocycles. The second-order valence-electron chi connectivity index (χ2n) is 3.97. The lowest BCUT2D eigenvalue weighted by molar-refractivity contribution is -0.137. The molecule has 2 rings (SSSR count). The smallest absolute Gasteiger partial charge is 0.350 e. The Bertz CT molecular complexity index is 619. The lowest BCUT2D eigenvalue weighted by Gasteiger charge is -2.11. The number of alkyl halides is 3. The number of benzene rings is 1. The highest BCUT2D eigenvalue weighted by molar-refractivity contribution is 5.97. The summed E-state index contributed by atoms with van der Waals surface area (Å²) in [6.45, 7) is 0. The summed E-state index contributed by atoms with van der Waals surface area (Å²) in [5.74, 6) is -0.466. The Labute approximate surface area is 106 Å². The van der Waals surface area contributed by atoms with Crippen LogP contribution in [0.2, 0.25) is 0 Å². The van der Waals surface area contributed by atoms with Gasteiger partial charge < -0.3 is 4.98 Å². The lowest BCUT2D eigenvalue weighted by atomic mass is 10.1. The van der Waals surface area contributed by atoms with E-state index >= 15 is 0 Å². The van der Waals surface area contributed by atoms with Gasteiger partial charge in [-0.2, -0.15) is 13.2 Å². The fourth-order valence-electron chi connectivity index (χ4n) is 1.67. The minimum absolute atomic E-state index is 0.165. The molecule has 0 fully saturated rings. The maximum atomic E-state index is 12.6. The molecule has 2 aromatic rings. The Hall–Kier alpha value is -2.02. The predicted molar refractivity (Wildman–Crippen MR) is 62.4 cm³/mol. The Balaban J connectivity index is 2.44. The van der Waals surface area contributed by atoms with Crippen LogP contribution in [0.1, 0.15) is 16.1 Å². The Morgan fingerprint density at radius 3 is 2.58 bits per heavy atom. The third kappa shape index (κ3) is 2.55. The molecular weight excluding hydrogens is 261 g/mol. The zero-order valence-corrected chi connectivity index (χ0v) is 10.2. The van der Waals surface area contributed by atoms with Gasteiger partial charge >= 0.3 is 6.18 Å². The SMILES string of the molecule is CON(C)C(=O)c1cc2ccc(C(F)(F)F)cc2[nH]1. The standard InChI is InChI=1S/C12H11F3N2O2/c1-17(19-2)11(18)10-5-7-3-4-8(12(13,14)15)6-9(7)16-10/h3-6,16H,1-2H3. The highest BCUT2D eigenvalue weighted by Gasteiger charge is 2.30. The molecule has 7 heteroatoms. The predicted octanol–water partition coefficient (Wildman–Crippen LogP) is 2.82. The number of hydrogen-bond donors (Lipinski definition) is 1. The lowest BCUT2D eigenvalue weighted by Crippen LogP contribution is -2.25. The average Bonchev–Trinajstić information content (AvgIpc) is 2.78. The molecule has 1 aromatic heterocycles. The minimum Gasteiger partial charge on any atom is -0.350 e. The Morgan fingerprint density at radius 1 is 1.32 bits per heavy atom. The second kappa shape index (κ2) is 4.58. The van der Waals surface area contributed by atoms with Crippen molar-refractivity contribution in [1.82, 2.24) is 10.0 Å². The summed E-state index contributed by atoms with van der Waals surface area (Å²) in [7, 11) is 2.73. The van der Waals surface area contributed by atoms with Gasteiger partial charge in [-0.3, -0.25) is 9.63 Å². The van der Waals surface area contributed by atoms with Gasteiger partial charge in [0.15, 0.2) is 0 Å². The van der Waals surface area contributed by atoms with Crippen molar-refractivity contribution in [3.05, 3.63) is 35.5 Å². The van der Waals surface area contributed by atoms with E-state index in [2.05, 4.69) is 4.98 Å². The van der Waals surface area contributed by atoms with Crippen LogP contribution in [0.3, 0.4) is 0 Å². The quantitative estimate of drug-likeness (QED) is 0.854. The molecule has 0 saturated heterocycles. The molecule has 1 N–H and O–H groups in total. The van der Waals surface area contributed by atoms with Crippen molar-refractivity contribution >= 4 is 16.8 Å². The summed E-state index contributed by atoms with van der Waals surface area (Å²) in [5.41, 5.74) is -0.345. The van der Waals surface area contributed by atoms with Crippen LogP contribution in [0.25, 0.3) is 10.9 Å². The fourth-order valence-corrected chi connectivity index (χ4v) is 1.67. The largest absolute Gasteiger partial charge is 0.416 e. The summed E-state index contributed by atoms with van der Waals surface area (Å²) in [6.07, 6.45) is -4.41. The monoisotopic (exact) mass is 272 g/mol. The molecule has 0 aliphatic heterocycles. The van der Waals surface area contributed by atoms with Gasteiger partial charge in [-0.25, -0.2) is 5.06 Å². The maximum absolute atomic E-state index is 12.6. The van der Waals surface area contributed by atoms with E-state index < -0.39 is 17.6 Å². The van der Waals surface area contributed by atoms with Gasteiger partial charge in [0, 0.05) is 18.0 Å². The first-order valence-corrected chi connectivity index (χ1v) is 5.35. The van der Waals surface area contributed by atoms with Crippen molar-refractivity contribution in [2.45, 2.75) is 6.18 Å². The van der Waals surface area contributed by atoms with Crippen molar-refractivity contribution < 1.29 is 22.8 Å². The van der Waals surface area contributed by atoms with E-state index in [9.17, 15) is 18.0 Å². The Kier molecular flexibility index (Phi) is 3.23. The van der Waals surface area contributed by atoms with Crippen LogP contribution in [0.15, 0.2) is 24.3 Å².